The van der Waals surface area contributed by atoms with Crippen LogP contribution < -0.4 is 0 Å². The number of hydrogen-bond acceptors (Lipinski definition) is 1. The van der Waals surface area contributed by atoms with Gasteiger partial charge in [-0.2, -0.15) is 0 Å². The van der Waals surface area contributed by atoms with Crippen molar-refractivity contribution in [2.24, 2.45) is 0 Å². The summed E-state index contributed by atoms with van der Waals surface area (Å²) in [5.74, 6) is 0. The molecular weight excluding hydrogens is 274 g/mol. The van der Waals surface area contributed by atoms with Gasteiger partial charge in [-0.3, -0.25) is 0 Å². The van der Waals surface area contributed by atoms with Crippen LogP contribution in [0.25, 0.3) is 0 Å². The lowest BCUT2D eigenvalue weighted by atomic mass is 10.0. The molecule has 0 fully saturated rings. The van der Waals surface area contributed by atoms with Crippen molar-refractivity contribution in [3.8, 4) is 0 Å². The molecule has 0 aromatic carbocycles. The van der Waals surface area contributed by atoms with Crippen LogP contribution in [0, 0.1) is 0 Å². The van der Waals surface area contributed by atoms with E-state index in [0.717, 1.165) is 10.8 Å². The minimum absolute atomic E-state index is 0.564. The van der Waals surface area contributed by atoms with E-state index >= 15 is 0 Å². The summed E-state index contributed by atoms with van der Waals surface area (Å²) in [5, 5.41) is 8.28. The normalized spacial score (nSPS) is 30.3. The van der Waals surface area contributed by atoms with Crippen LogP contribution in [-0.2, 0) is 0 Å². The first kappa shape index (κ1) is 9.55. The Morgan fingerprint density at radius 2 is 2.45 bits per heavy atom. The molecule has 0 bridgehead atoms. The molecule has 0 aromatic rings. The summed E-state index contributed by atoms with van der Waals surface area (Å²) < 4.78 is 1.07. The van der Waals surface area contributed by atoms with Crippen molar-refractivity contribution in [3.05, 3.63) is 23.8 Å². The molecule has 1 aliphatic rings. The Balaban J connectivity index is 2.58. The van der Waals surface area contributed by atoms with E-state index in [1.165, 1.54) is 5.57 Å². The molecule has 0 saturated heterocycles. The fourth-order valence-corrected chi connectivity index (χ4v) is 2.00. The highest BCUT2D eigenvalue weighted by Crippen LogP contribution is 2.28. The fraction of sp³-hybridized carbons (Fsp3) is 0.500. The van der Waals surface area contributed by atoms with Crippen LogP contribution >= 0.6 is 34.2 Å². The van der Waals surface area contributed by atoms with E-state index in [9.17, 15) is 5.11 Å². The minimum Gasteiger partial charge on any atom is -0.371 e. The van der Waals surface area contributed by atoms with Crippen molar-refractivity contribution >= 4 is 34.2 Å². The highest BCUT2D eigenvalue weighted by atomic mass is 127. The Morgan fingerprint density at radius 3 is 3.00 bits per heavy atom. The molecule has 62 valence electrons. The summed E-state index contributed by atoms with van der Waals surface area (Å²) in [5.41, 5.74) is 1.22. The Hall–Kier alpha value is 0.460. The predicted molar refractivity (Wildman–Crippen MR) is 56.1 cm³/mol. The molecule has 0 amide bonds. The van der Waals surface area contributed by atoms with Gasteiger partial charge in [0.25, 0.3) is 0 Å². The van der Waals surface area contributed by atoms with Gasteiger partial charge in [-0.15, -0.1) is 0 Å². The zero-order chi connectivity index (χ0) is 8.32. The van der Waals surface area contributed by atoms with E-state index in [4.69, 9.17) is 11.6 Å². The quantitative estimate of drug-likeness (QED) is 0.610. The second kappa shape index (κ2) is 3.92. The third-order valence-electron chi connectivity index (χ3n) is 1.57. The lowest BCUT2D eigenvalue weighted by molar-refractivity contribution is 0.177. The summed E-state index contributed by atoms with van der Waals surface area (Å²) in [6.45, 7) is 0. The third kappa shape index (κ3) is 3.13. The predicted octanol–water partition coefficient (Wildman–Crippen LogP) is 2.63. The number of alkyl halides is 2. The maximum Gasteiger partial charge on any atom is 0.161 e. The molecule has 0 radical (unpaired) electrons. The number of halogens is 2. The van der Waals surface area contributed by atoms with E-state index < -0.39 is 5.06 Å². The monoisotopic (exact) mass is 284 g/mol. The average Bonchev–Trinajstić information content (AvgIpc) is 1.85. The summed E-state index contributed by atoms with van der Waals surface area (Å²) in [7, 11) is 0. The van der Waals surface area contributed by atoms with Gasteiger partial charge >= 0.3 is 0 Å². The zero-order valence-electron chi connectivity index (χ0n) is 6.06. The number of hydrogen-bond donors (Lipinski definition) is 1. The van der Waals surface area contributed by atoms with Crippen LogP contribution in [0.5, 0.6) is 0 Å². The number of rotatable bonds is 2. The van der Waals surface area contributed by atoms with Gasteiger partial charge in [-0.25, -0.2) is 0 Å². The lowest BCUT2D eigenvalue weighted by Crippen LogP contribution is -2.19. The van der Waals surface area contributed by atoms with E-state index in [2.05, 4.69) is 22.6 Å². The standard InChI is InChI=1S/C8H10ClIO/c9-8(11)4-1-2-7(6-8)3-5-10/h1-2,4,11H,3,5-6H2. The van der Waals surface area contributed by atoms with Crippen LogP contribution in [-0.4, -0.2) is 14.6 Å². The Morgan fingerprint density at radius 1 is 1.73 bits per heavy atom. The maximum absolute atomic E-state index is 9.41. The van der Waals surface area contributed by atoms with E-state index in [-0.39, 0.29) is 0 Å². The molecule has 11 heavy (non-hydrogen) atoms. The van der Waals surface area contributed by atoms with Gasteiger partial charge in [0.15, 0.2) is 5.06 Å². The molecule has 1 N–H and O–H groups in total. The molecule has 0 heterocycles. The van der Waals surface area contributed by atoms with Crippen molar-refractivity contribution in [1.29, 1.82) is 0 Å². The van der Waals surface area contributed by atoms with Crippen molar-refractivity contribution in [1.82, 2.24) is 0 Å². The largest absolute Gasteiger partial charge is 0.371 e. The molecule has 0 spiro atoms. The molecule has 1 nitrogen and oxygen atoms in total. The maximum atomic E-state index is 9.41. The summed E-state index contributed by atoms with van der Waals surface area (Å²) >= 11 is 8.04. The summed E-state index contributed by atoms with van der Waals surface area (Å²) in [6.07, 6.45) is 7.03. The lowest BCUT2D eigenvalue weighted by Gasteiger charge is -2.20. The Kier molecular flexibility index (Phi) is 3.40. The van der Waals surface area contributed by atoms with Gasteiger partial charge in [0.05, 0.1) is 0 Å². The molecule has 3 heteroatoms. The Labute approximate surface area is 85.3 Å². The highest BCUT2D eigenvalue weighted by molar-refractivity contribution is 14.1. The fourth-order valence-electron chi connectivity index (χ4n) is 1.06. The molecule has 0 aliphatic heterocycles. The van der Waals surface area contributed by atoms with Gasteiger partial charge in [-0.05, 0) is 12.5 Å². The Bertz CT molecular complexity index is 196. The minimum atomic E-state index is -1.13. The molecule has 1 aliphatic carbocycles. The summed E-state index contributed by atoms with van der Waals surface area (Å²) in [6, 6.07) is 0. The molecule has 1 unspecified atom stereocenters. The topological polar surface area (TPSA) is 20.2 Å². The van der Waals surface area contributed by atoms with Crippen molar-refractivity contribution < 1.29 is 5.11 Å². The molecule has 1 atom stereocenters. The molecule has 0 aromatic heterocycles. The number of allylic oxidation sites excluding steroid dienone is 2. The van der Waals surface area contributed by atoms with E-state index in [1.54, 1.807) is 6.08 Å². The van der Waals surface area contributed by atoms with Crippen molar-refractivity contribution in [2.45, 2.75) is 17.9 Å². The van der Waals surface area contributed by atoms with Crippen molar-refractivity contribution in [3.63, 3.8) is 0 Å². The molecular formula is C8H10ClIO. The van der Waals surface area contributed by atoms with Gasteiger partial charge in [0.2, 0.25) is 0 Å². The van der Waals surface area contributed by atoms with Gasteiger partial charge in [0.1, 0.15) is 0 Å². The first-order valence-corrected chi connectivity index (χ1v) is 5.39. The van der Waals surface area contributed by atoms with Crippen LogP contribution in [0.4, 0.5) is 0 Å². The molecule has 0 saturated carbocycles. The zero-order valence-corrected chi connectivity index (χ0v) is 8.97. The second-order valence-corrected chi connectivity index (χ2v) is 4.35. The van der Waals surface area contributed by atoms with Crippen molar-refractivity contribution in [2.75, 3.05) is 4.43 Å². The smallest absolute Gasteiger partial charge is 0.161 e. The molecule has 1 rings (SSSR count). The van der Waals surface area contributed by atoms with Crippen LogP contribution in [0.2, 0.25) is 0 Å². The number of aliphatic hydroxyl groups is 1. The summed E-state index contributed by atoms with van der Waals surface area (Å²) in [4.78, 5) is 0. The van der Waals surface area contributed by atoms with E-state index in [0.29, 0.717) is 6.42 Å². The van der Waals surface area contributed by atoms with Gasteiger partial charge in [-0.1, -0.05) is 51.9 Å². The van der Waals surface area contributed by atoms with Crippen LogP contribution in [0.1, 0.15) is 12.8 Å². The second-order valence-electron chi connectivity index (χ2n) is 2.62. The van der Waals surface area contributed by atoms with Crippen LogP contribution in [0.15, 0.2) is 23.8 Å². The first-order chi connectivity index (χ1) is 5.14. The van der Waals surface area contributed by atoms with Gasteiger partial charge < -0.3 is 5.11 Å². The average molecular weight is 285 g/mol. The third-order valence-corrected chi connectivity index (χ3v) is 2.37. The van der Waals surface area contributed by atoms with Gasteiger partial charge in [0, 0.05) is 10.8 Å². The first-order valence-electron chi connectivity index (χ1n) is 3.48. The highest BCUT2D eigenvalue weighted by Gasteiger charge is 2.22. The SMILES string of the molecule is OC1(Cl)C=CC=C(CCI)C1. The van der Waals surface area contributed by atoms with Crippen LogP contribution in [0.3, 0.4) is 0 Å². The van der Waals surface area contributed by atoms with E-state index in [1.807, 2.05) is 12.2 Å².